The van der Waals surface area contributed by atoms with E-state index in [0.29, 0.717) is 18.7 Å². The van der Waals surface area contributed by atoms with Crippen molar-refractivity contribution in [1.82, 2.24) is 15.3 Å². The van der Waals surface area contributed by atoms with Gasteiger partial charge < -0.3 is 11.1 Å². The molecule has 0 saturated carbocycles. The lowest BCUT2D eigenvalue weighted by molar-refractivity contribution is 0.0931. The number of rotatable bonds is 6. The zero-order valence-corrected chi connectivity index (χ0v) is 14.7. The fourth-order valence-electron chi connectivity index (χ4n) is 1.63. The summed E-state index contributed by atoms with van der Waals surface area (Å²) in [6, 6.07) is -0.0489. The topological polar surface area (TPSA) is 80.9 Å². The molecule has 0 aliphatic rings. The van der Waals surface area contributed by atoms with Gasteiger partial charge in [-0.1, -0.05) is 6.92 Å². The minimum absolute atomic E-state index is 0. The van der Waals surface area contributed by atoms with Crippen LogP contribution in [0.15, 0.2) is 17.0 Å². The number of hydrogen-bond donors (Lipinski definition) is 2. The molecule has 0 aliphatic heterocycles. The highest BCUT2D eigenvalue weighted by molar-refractivity contribution is 7.10. The summed E-state index contributed by atoms with van der Waals surface area (Å²) in [5, 5.41) is 8.47. The Hall–Kier alpha value is -0.730. The molecular formula is C12H18Cl2N4OS2. The molecule has 1 atom stereocenters. The zero-order chi connectivity index (χ0) is 13.7. The Labute approximate surface area is 144 Å². The molecule has 0 bridgehead atoms. The number of thiazole rings is 2. The van der Waals surface area contributed by atoms with E-state index < -0.39 is 0 Å². The molecule has 0 aliphatic carbocycles. The molecule has 21 heavy (non-hydrogen) atoms. The molecule has 9 heteroatoms. The van der Waals surface area contributed by atoms with Crippen molar-refractivity contribution in [3.63, 3.8) is 0 Å². The number of carbonyl (C=O) groups is 1. The Bertz CT molecular complexity index is 533. The van der Waals surface area contributed by atoms with Gasteiger partial charge in [0.2, 0.25) is 0 Å². The Morgan fingerprint density at radius 3 is 2.76 bits per heavy atom. The number of nitrogens with two attached hydrogens (primary N) is 1. The molecule has 2 heterocycles. The fourth-order valence-corrected chi connectivity index (χ4v) is 3.20. The molecule has 2 aromatic heterocycles. The van der Waals surface area contributed by atoms with Crippen LogP contribution in [-0.2, 0) is 6.42 Å². The quantitative estimate of drug-likeness (QED) is 0.821. The average molecular weight is 369 g/mol. The Kier molecular flexibility index (Phi) is 9.72. The fraction of sp³-hybridized carbons (Fsp3) is 0.417. The van der Waals surface area contributed by atoms with E-state index in [1.165, 1.54) is 11.3 Å². The van der Waals surface area contributed by atoms with Crippen molar-refractivity contribution in [2.75, 3.05) is 6.54 Å². The van der Waals surface area contributed by atoms with E-state index in [2.05, 4.69) is 15.3 Å². The van der Waals surface area contributed by atoms with Crippen molar-refractivity contribution in [3.05, 3.63) is 32.7 Å². The first-order valence-corrected chi connectivity index (χ1v) is 7.85. The highest BCUT2D eigenvalue weighted by Crippen LogP contribution is 2.19. The first-order valence-electron chi connectivity index (χ1n) is 6.09. The zero-order valence-electron chi connectivity index (χ0n) is 11.4. The van der Waals surface area contributed by atoms with Crippen LogP contribution in [0.4, 0.5) is 0 Å². The maximum Gasteiger partial charge on any atom is 0.271 e. The smallest absolute Gasteiger partial charge is 0.271 e. The first kappa shape index (κ1) is 20.3. The van der Waals surface area contributed by atoms with Crippen molar-refractivity contribution in [1.29, 1.82) is 0 Å². The molecule has 0 saturated heterocycles. The highest BCUT2D eigenvalue weighted by atomic mass is 35.5. The van der Waals surface area contributed by atoms with Crippen LogP contribution in [0.1, 0.15) is 39.9 Å². The van der Waals surface area contributed by atoms with Gasteiger partial charge in [-0.15, -0.1) is 47.5 Å². The minimum atomic E-state index is -0.151. The predicted octanol–water partition coefficient (Wildman–Crippen LogP) is 2.83. The van der Waals surface area contributed by atoms with Gasteiger partial charge in [0.1, 0.15) is 10.7 Å². The Balaban J connectivity index is 0.00000200. The second-order valence-electron chi connectivity index (χ2n) is 3.97. The van der Waals surface area contributed by atoms with Gasteiger partial charge in [0.15, 0.2) is 0 Å². The molecule has 0 radical (unpaired) electrons. The van der Waals surface area contributed by atoms with Crippen molar-refractivity contribution in [3.8, 4) is 0 Å². The van der Waals surface area contributed by atoms with Gasteiger partial charge >= 0.3 is 0 Å². The van der Waals surface area contributed by atoms with E-state index in [4.69, 9.17) is 5.73 Å². The molecule has 1 unspecified atom stereocenters. The standard InChI is InChI=1S/C12H16N4OS2.2ClH/c1-2-8(12-14-5-6-18-12)16-11(17)9-7-19-10(15-9)3-4-13;;/h5-8H,2-4,13H2,1H3,(H,16,17);2*1H. The number of aromatic nitrogens is 2. The van der Waals surface area contributed by atoms with Gasteiger partial charge in [-0.05, 0) is 13.0 Å². The van der Waals surface area contributed by atoms with Crippen LogP contribution in [-0.4, -0.2) is 22.4 Å². The van der Waals surface area contributed by atoms with E-state index in [9.17, 15) is 4.79 Å². The highest BCUT2D eigenvalue weighted by Gasteiger charge is 2.17. The van der Waals surface area contributed by atoms with E-state index in [1.54, 1.807) is 22.9 Å². The third-order valence-electron chi connectivity index (χ3n) is 2.61. The second-order valence-corrected chi connectivity index (χ2v) is 5.84. The first-order chi connectivity index (χ1) is 9.24. The summed E-state index contributed by atoms with van der Waals surface area (Å²) in [5.74, 6) is -0.151. The molecule has 0 spiro atoms. The van der Waals surface area contributed by atoms with Crippen LogP contribution in [0, 0.1) is 0 Å². The van der Waals surface area contributed by atoms with Gasteiger partial charge in [-0.3, -0.25) is 4.79 Å². The van der Waals surface area contributed by atoms with Gasteiger partial charge in [0, 0.05) is 23.4 Å². The molecule has 118 valence electrons. The molecule has 5 nitrogen and oxygen atoms in total. The number of nitrogens with zero attached hydrogens (tertiary/aromatic N) is 2. The largest absolute Gasteiger partial charge is 0.341 e. The number of halogens is 2. The summed E-state index contributed by atoms with van der Waals surface area (Å²) < 4.78 is 0. The van der Waals surface area contributed by atoms with Gasteiger partial charge in [-0.2, -0.15) is 0 Å². The Morgan fingerprint density at radius 1 is 1.43 bits per heavy atom. The lowest BCUT2D eigenvalue weighted by atomic mass is 10.2. The molecule has 3 N–H and O–H groups in total. The van der Waals surface area contributed by atoms with Crippen LogP contribution in [0.2, 0.25) is 0 Å². The normalized spacial score (nSPS) is 11.1. The molecule has 2 rings (SSSR count). The van der Waals surface area contributed by atoms with Crippen LogP contribution in [0.5, 0.6) is 0 Å². The lowest BCUT2D eigenvalue weighted by Crippen LogP contribution is -2.28. The summed E-state index contributed by atoms with van der Waals surface area (Å²) in [5.41, 5.74) is 5.93. The number of hydrogen-bond acceptors (Lipinski definition) is 6. The molecular weight excluding hydrogens is 351 g/mol. The van der Waals surface area contributed by atoms with E-state index in [0.717, 1.165) is 16.4 Å². The van der Waals surface area contributed by atoms with Crippen LogP contribution in [0.3, 0.4) is 0 Å². The van der Waals surface area contributed by atoms with Gasteiger partial charge in [-0.25, -0.2) is 9.97 Å². The number of amides is 1. The van der Waals surface area contributed by atoms with Crippen LogP contribution < -0.4 is 11.1 Å². The average Bonchev–Trinajstić information content (AvgIpc) is 3.07. The van der Waals surface area contributed by atoms with Gasteiger partial charge in [0.25, 0.3) is 5.91 Å². The van der Waals surface area contributed by atoms with E-state index >= 15 is 0 Å². The summed E-state index contributed by atoms with van der Waals surface area (Å²) >= 11 is 3.02. The summed E-state index contributed by atoms with van der Waals surface area (Å²) in [4.78, 5) is 20.6. The molecule has 2 aromatic rings. The van der Waals surface area contributed by atoms with Crippen LogP contribution in [0.25, 0.3) is 0 Å². The van der Waals surface area contributed by atoms with Crippen molar-refractivity contribution in [2.45, 2.75) is 25.8 Å². The molecule has 1 amide bonds. The summed E-state index contributed by atoms with van der Waals surface area (Å²) in [6.07, 6.45) is 3.26. The number of nitrogens with one attached hydrogen (secondary N) is 1. The summed E-state index contributed by atoms with van der Waals surface area (Å²) in [6.45, 7) is 2.57. The monoisotopic (exact) mass is 368 g/mol. The summed E-state index contributed by atoms with van der Waals surface area (Å²) in [7, 11) is 0. The van der Waals surface area contributed by atoms with Gasteiger partial charge in [0.05, 0.1) is 11.0 Å². The number of carbonyl (C=O) groups excluding carboxylic acids is 1. The molecule has 0 aromatic carbocycles. The van der Waals surface area contributed by atoms with Crippen molar-refractivity contribution in [2.24, 2.45) is 5.73 Å². The third-order valence-corrected chi connectivity index (χ3v) is 4.40. The maximum absolute atomic E-state index is 12.1. The Morgan fingerprint density at radius 2 is 2.19 bits per heavy atom. The minimum Gasteiger partial charge on any atom is -0.341 e. The van der Waals surface area contributed by atoms with Crippen molar-refractivity contribution < 1.29 is 4.79 Å². The van der Waals surface area contributed by atoms with Crippen molar-refractivity contribution >= 4 is 53.4 Å². The SMILES string of the molecule is CCC(NC(=O)c1csc(CCN)n1)c1nccs1.Cl.Cl. The van der Waals surface area contributed by atoms with Crippen LogP contribution >= 0.6 is 47.5 Å². The maximum atomic E-state index is 12.1. The third kappa shape index (κ3) is 5.52. The van der Waals surface area contributed by atoms with E-state index in [-0.39, 0.29) is 36.8 Å². The predicted molar refractivity (Wildman–Crippen MR) is 92.0 cm³/mol. The second kappa shape index (κ2) is 10.1. The molecule has 0 fully saturated rings. The van der Waals surface area contributed by atoms with E-state index in [1.807, 2.05) is 12.3 Å². The lowest BCUT2D eigenvalue weighted by Gasteiger charge is -2.13.